The minimum absolute atomic E-state index is 0.137. The molecule has 0 saturated carbocycles. The molecule has 6 heteroatoms. The van der Waals surface area contributed by atoms with Crippen molar-refractivity contribution in [3.63, 3.8) is 0 Å². The van der Waals surface area contributed by atoms with Gasteiger partial charge in [0.15, 0.2) is 5.16 Å². The Morgan fingerprint density at radius 3 is 2.65 bits per heavy atom. The number of thioether (sulfide) groups is 1. The van der Waals surface area contributed by atoms with Crippen molar-refractivity contribution in [2.75, 3.05) is 30.8 Å². The Balaban J connectivity index is 1.40. The van der Waals surface area contributed by atoms with Gasteiger partial charge in [-0.1, -0.05) is 42.1 Å². The van der Waals surface area contributed by atoms with E-state index >= 15 is 0 Å². The fourth-order valence-corrected chi connectivity index (χ4v) is 4.43. The van der Waals surface area contributed by atoms with E-state index in [-0.39, 0.29) is 5.41 Å². The maximum Gasteiger partial charge on any atom is 0.223 e. The van der Waals surface area contributed by atoms with E-state index in [0.29, 0.717) is 12.3 Å². The number of benzene rings is 1. The van der Waals surface area contributed by atoms with Gasteiger partial charge in [-0.3, -0.25) is 4.79 Å². The Morgan fingerprint density at radius 1 is 1.15 bits per heavy atom. The van der Waals surface area contributed by atoms with Crippen molar-refractivity contribution < 1.29 is 4.79 Å². The average molecular weight is 369 g/mol. The van der Waals surface area contributed by atoms with E-state index in [4.69, 9.17) is 0 Å². The first-order chi connectivity index (χ1) is 12.7. The first-order valence-corrected chi connectivity index (χ1v) is 10.3. The summed E-state index contributed by atoms with van der Waals surface area (Å²) in [4.78, 5) is 25.8. The van der Waals surface area contributed by atoms with Crippen LogP contribution in [0.4, 0.5) is 5.82 Å². The van der Waals surface area contributed by atoms with Crippen LogP contribution < -0.4 is 4.90 Å². The molecule has 26 heavy (non-hydrogen) atoms. The quantitative estimate of drug-likeness (QED) is 0.613. The molecule has 2 aliphatic rings. The number of carbonyl (C=O) groups excluding carboxylic acids is 1. The highest BCUT2D eigenvalue weighted by atomic mass is 32.2. The summed E-state index contributed by atoms with van der Waals surface area (Å²) in [6.07, 6.45) is 6.60. The zero-order valence-corrected chi connectivity index (χ0v) is 15.9. The Morgan fingerprint density at radius 2 is 1.92 bits per heavy atom. The fraction of sp³-hybridized carbons (Fsp3) is 0.450. The van der Waals surface area contributed by atoms with E-state index in [9.17, 15) is 4.79 Å². The minimum Gasteiger partial charge on any atom is -0.356 e. The molecule has 1 amide bonds. The van der Waals surface area contributed by atoms with Crippen LogP contribution in [0.2, 0.25) is 0 Å². The van der Waals surface area contributed by atoms with Gasteiger partial charge in [-0.25, -0.2) is 9.97 Å². The zero-order valence-electron chi connectivity index (χ0n) is 15.1. The molecule has 1 aromatic carbocycles. The highest BCUT2D eigenvalue weighted by molar-refractivity contribution is 7.98. The van der Waals surface area contributed by atoms with Crippen LogP contribution in [0.5, 0.6) is 0 Å². The highest BCUT2D eigenvalue weighted by Crippen LogP contribution is 2.42. The molecule has 0 aliphatic carbocycles. The van der Waals surface area contributed by atoms with Crippen LogP contribution in [-0.4, -0.2) is 46.7 Å². The van der Waals surface area contributed by atoms with E-state index in [1.54, 1.807) is 11.8 Å². The first-order valence-electron chi connectivity index (χ1n) is 9.11. The van der Waals surface area contributed by atoms with Gasteiger partial charge < -0.3 is 9.80 Å². The van der Waals surface area contributed by atoms with Crippen LogP contribution in [0.3, 0.4) is 0 Å². The fourth-order valence-electron chi connectivity index (χ4n) is 4.08. The molecule has 0 atom stereocenters. The summed E-state index contributed by atoms with van der Waals surface area (Å²) >= 11 is 1.57. The lowest BCUT2D eigenvalue weighted by Crippen LogP contribution is -2.42. The summed E-state index contributed by atoms with van der Waals surface area (Å²) in [6, 6.07) is 12.3. The zero-order chi connectivity index (χ0) is 18.0. The van der Waals surface area contributed by atoms with Crippen molar-refractivity contribution >= 4 is 23.5 Å². The van der Waals surface area contributed by atoms with Gasteiger partial charge in [-0.15, -0.1) is 0 Å². The normalized spacial score (nSPS) is 19.3. The second-order valence-electron chi connectivity index (χ2n) is 7.30. The van der Waals surface area contributed by atoms with E-state index in [0.717, 1.165) is 50.0 Å². The van der Waals surface area contributed by atoms with Crippen molar-refractivity contribution in [3.8, 4) is 0 Å². The minimum atomic E-state index is 0.137. The number of likely N-dealkylation sites (tertiary alicyclic amines) is 1. The number of anilines is 1. The molecule has 3 heterocycles. The van der Waals surface area contributed by atoms with Crippen LogP contribution in [0.1, 0.15) is 24.8 Å². The Hall–Kier alpha value is -2.08. The predicted octanol–water partition coefficient (Wildman–Crippen LogP) is 3.22. The third kappa shape index (κ3) is 3.56. The summed E-state index contributed by atoms with van der Waals surface area (Å²) in [5, 5.41) is 0.813. The monoisotopic (exact) mass is 368 g/mol. The summed E-state index contributed by atoms with van der Waals surface area (Å²) in [5.41, 5.74) is 1.35. The van der Waals surface area contributed by atoms with E-state index < -0.39 is 0 Å². The largest absolute Gasteiger partial charge is 0.356 e. The van der Waals surface area contributed by atoms with Crippen LogP contribution in [0.25, 0.3) is 0 Å². The molecule has 5 nitrogen and oxygen atoms in total. The molecule has 2 fully saturated rings. The van der Waals surface area contributed by atoms with Crippen LogP contribution in [0.15, 0.2) is 47.8 Å². The van der Waals surface area contributed by atoms with Gasteiger partial charge in [0, 0.05) is 44.2 Å². The van der Waals surface area contributed by atoms with Crippen molar-refractivity contribution in [1.82, 2.24) is 14.9 Å². The Bertz CT molecular complexity index is 774. The smallest absolute Gasteiger partial charge is 0.223 e. The Kier molecular flexibility index (Phi) is 4.85. The van der Waals surface area contributed by atoms with Gasteiger partial charge in [0.2, 0.25) is 5.91 Å². The SMILES string of the molecule is CSc1nccc(N2CCC3(CC2)CC(=O)N(Cc2ccccc2)C3)n1. The molecular weight excluding hydrogens is 344 g/mol. The topological polar surface area (TPSA) is 49.3 Å². The third-order valence-electron chi connectivity index (χ3n) is 5.57. The Labute approximate surface area is 158 Å². The molecule has 2 aromatic rings. The lowest BCUT2D eigenvalue weighted by molar-refractivity contribution is -0.128. The molecule has 4 rings (SSSR count). The number of carbonyl (C=O) groups is 1. The standard InChI is InChI=1S/C20H24N4OS/c1-26-19-21-10-7-17(22-19)23-11-8-20(9-12-23)13-18(25)24(15-20)14-16-5-3-2-4-6-16/h2-7,10H,8-9,11-15H2,1H3. The van der Waals surface area contributed by atoms with Crippen molar-refractivity contribution in [2.45, 2.75) is 31.0 Å². The number of hydrogen-bond donors (Lipinski definition) is 0. The molecule has 0 bridgehead atoms. The predicted molar refractivity (Wildman–Crippen MR) is 104 cm³/mol. The second kappa shape index (κ2) is 7.27. The summed E-state index contributed by atoms with van der Waals surface area (Å²) in [7, 11) is 0. The molecule has 136 valence electrons. The van der Waals surface area contributed by atoms with E-state index in [2.05, 4.69) is 27.0 Å². The maximum atomic E-state index is 12.6. The summed E-state index contributed by atoms with van der Waals surface area (Å²) in [5.74, 6) is 1.30. The molecule has 0 N–H and O–H groups in total. The number of hydrogen-bond acceptors (Lipinski definition) is 5. The number of rotatable bonds is 4. The molecular formula is C20H24N4OS. The number of piperidine rings is 1. The van der Waals surface area contributed by atoms with Crippen LogP contribution in [0, 0.1) is 5.41 Å². The average Bonchev–Trinajstić information content (AvgIpc) is 2.98. The van der Waals surface area contributed by atoms with Gasteiger partial charge >= 0.3 is 0 Å². The maximum absolute atomic E-state index is 12.6. The van der Waals surface area contributed by atoms with Gasteiger partial charge in [0.25, 0.3) is 0 Å². The molecule has 0 unspecified atom stereocenters. The van der Waals surface area contributed by atoms with Gasteiger partial charge in [-0.05, 0) is 30.7 Å². The van der Waals surface area contributed by atoms with Gasteiger partial charge in [0.05, 0.1) is 0 Å². The van der Waals surface area contributed by atoms with Gasteiger partial charge in [-0.2, -0.15) is 0 Å². The molecule has 1 aromatic heterocycles. The summed E-state index contributed by atoms with van der Waals surface area (Å²) in [6.45, 7) is 3.52. The first kappa shape index (κ1) is 17.3. The van der Waals surface area contributed by atoms with Crippen molar-refractivity contribution in [1.29, 1.82) is 0 Å². The number of nitrogens with zero attached hydrogens (tertiary/aromatic N) is 4. The lowest BCUT2D eigenvalue weighted by Gasteiger charge is -2.39. The molecule has 0 radical (unpaired) electrons. The van der Waals surface area contributed by atoms with Crippen LogP contribution in [-0.2, 0) is 11.3 Å². The number of amides is 1. The highest BCUT2D eigenvalue weighted by Gasteiger charge is 2.44. The second-order valence-corrected chi connectivity index (χ2v) is 8.07. The molecule has 2 aliphatic heterocycles. The van der Waals surface area contributed by atoms with Gasteiger partial charge in [0.1, 0.15) is 5.82 Å². The van der Waals surface area contributed by atoms with E-state index in [1.165, 1.54) is 5.56 Å². The third-order valence-corrected chi connectivity index (χ3v) is 6.13. The van der Waals surface area contributed by atoms with Crippen molar-refractivity contribution in [2.24, 2.45) is 5.41 Å². The molecule has 2 saturated heterocycles. The molecule has 1 spiro atoms. The number of aromatic nitrogens is 2. The van der Waals surface area contributed by atoms with Crippen molar-refractivity contribution in [3.05, 3.63) is 48.2 Å². The van der Waals surface area contributed by atoms with Crippen LogP contribution >= 0.6 is 11.8 Å². The lowest BCUT2D eigenvalue weighted by atomic mass is 9.77. The summed E-state index contributed by atoms with van der Waals surface area (Å²) < 4.78 is 0. The van der Waals surface area contributed by atoms with E-state index in [1.807, 2.05) is 41.6 Å².